The quantitative estimate of drug-likeness (QED) is 0.437. The van der Waals surface area contributed by atoms with E-state index in [0.717, 1.165) is 0 Å². The molecule has 15 heavy (non-hydrogen) atoms. The van der Waals surface area contributed by atoms with Gasteiger partial charge in [0, 0.05) is 5.02 Å². The standard InChI is InChI=1S/C11H8ClNO2/c1-13-10(11(14)15-2)7-8-5-3-4-6-9(8)12/h3-7H,2H3/b10-7-. The number of rotatable bonds is 2. The molecular formula is C11H8ClNO2. The van der Waals surface area contributed by atoms with Gasteiger partial charge in [-0.15, -0.1) is 0 Å². The number of carbonyl (C=O) groups excluding carboxylic acids is 1. The maximum Gasteiger partial charge on any atom is 0.336 e. The Morgan fingerprint density at radius 3 is 2.73 bits per heavy atom. The number of halogens is 1. The number of esters is 1. The molecule has 0 bridgehead atoms. The van der Waals surface area contributed by atoms with Crippen molar-refractivity contribution in [2.45, 2.75) is 0 Å². The second kappa shape index (κ2) is 5.18. The first-order valence-electron chi connectivity index (χ1n) is 4.11. The lowest BCUT2D eigenvalue weighted by atomic mass is 10.2. The molecule has 0 aromatic heterocycles. The van der Waals surface area contributed by atoms with E-state index < -0.39 is 5.97 Å². The summed E-state index contributed by atoms with van der Waals surface area (Å²) in [6.07, 6.45) is 1.40. The molecule has 0 fully saturated rings. The number of nitrogens with zero attached hydrogens (tertiary/aromatic N) is 1. The topological polar surface area (TPSA) is 30.7 Å². The van der Waals surface area contributed by atoms with Gasteiger partial charge in [-0.25, -0.2) is 4.85 Å². The Bertz CT molecular complexity index is 446. The fourth-order valence-electron chi connectivity index (χ4n) is 0.981. The SMILES string of the molecule is [C-]#[N+]/C(=C\c1ccccc1Cl)C(=O)OC. The van der Waals surface area contributed by atoms with Crippen LogP contribution in [0.25, 0.3) is 10.9 Å². The first-order chi connectivity index (χ1) is 7.19. The van der Waals surface area contributed by atoms with E-state index in [2.05, 4.69) is 9.58 Å². The van der Waals surface area contributed by atoms with Crippen molar-refractivity contribution in [3.63, 3.8) is 0 Å². The number of ether oxygens (including phenoxy) is 1. The normalized spacial score (nSPS) is 10.6. The molecule has 0 N–H and O–H groups in total. The Kier molecular flexibility index (Phi) is 3.90. The number of methoxy groups -OCH3 is 1. The van der Waals surface area contributed by atoms with Gasteiger partial charge < -0.3 is 4.74 Å². The van der Waals surface area contributed by atoms with Crippen molar-refractivity contribution in [2.75, 3.05) is 7.11 Å². The van der Waals surface area contributed by atoms with Gasteiger partial charge in [-0.3, -0.25) is 4.79 Å². The van der Waals surface area contributed by atoms with Gasteiger partial charge in [0.05, 0.1) is 13.7 Å². The van der Waals surface area contributed by atoms with Crippen molar-refractivity contribution in [1.29, 1.82) is 0 Å². The molecule has 1 aromatic carbocycles. The van der Waals surface area contributed by atoms with E-state index in [4.69, 9.17) is 18.2 Å². The second-order valence-corrected chi connectivity index (χ2v) is 3.06. The van der Waals surface area contributed by atoms with Crippen molar-refractivity contribution in [2.24, 2.45) is 0 Å². The largest absolute Gasteiger partial charge is 0.474 e. The number of hydrogen-bond acceptors (Lipinski definition) is 2. The molecule has 0 aliphatic heterocycles. The van der Waals surface area contributed by atoms with Gasteiger partial charge in [-0.2, -0.15) is 0 Å². The fourth-order valence-corrected chi connectivity index (χ4v) is 1.17. The molecule has 0 unspecified atom stereocenters. The van der Waals surface area contributed by atoms with E-state index in [1.807, 2.05) is 0 Å². The van der Waals surface area contributed by atoms with Crippen LogP contribution < -0.4 is 0 Å². The zero-order valence-electron chi connectivity index (χ0n) is 8.03. The summed E-state index contributed by atoms with van der Waals surface area (Å²) in [5.41, 5.74) is 0.529. The highest BCUT2D eigenvalue weighted by Crippen LogP contribution is 2.18. The predicted octanol–water partition coefficient (Wildman–Crippen LogP) is 2.77. The summed E-state index contributed by atoms with van der Waals surface area (Å²) < 4.78 is 4.45. The van der Waals surface area contributed by atoms with Crippen LogP contribution in [0.3, 0.4) is 0 Å². The third-order valence-electron chi connectivity index (χ3n) is 1.71. The maximum atomic E-state index is 11.1. The molecule has 0 aliphatic rings. The molecule has 0 saturated heterocycles. The van der Waals surface area contributed by atoms with Gasteiger partial charge in [-0.05, 0) is 17.7 Å². The summed E-state index contributed by atoms with van der Waals surface area (Å²) in [6.45, 7) is 6.83. The maximum absolute atomic E-state index is 11.1. The third-order valence-corrected chi connectivity index (χ3v) is 2.06. The molecule has 0 spiro atoms. The van der Waals surface area contributed by atoms with Gasteiger partial charge in [-0.1, -0.05) is 29.8 Å². The van der Waals surface area contributed by atoms with Crippen LogP contribution in [0.2, 0.25) is 5.02 Å². The minimum Gasteiger partial charge on any atom is -0.474 e. The highest BCUT2D eigenvalue weighted by molar-refractivity contribution is 6.32. The van der Waals surface area contributed by atoms with E-state index in [0.29, 0.717) is 10.6 Å². The number of benzene rings is 1. The minimum absolute atomic E-state index is 0.0920. The predicted molar refractivity (Wildman–Crippen MR) is 58.0 cm³/mol. The van der Waals surface area contributed by atoms with Gasteiger partial charge >= 0.3 is 5.97 Å². The molecule has 0 amide bonds. The van der Waals surface area contributed by atoms with Crippen LogP contribution in [-0.2, 0) is 9.53 Å². The lowest BCUT2D eigenvalue weighted by Crippen LogP contribution is -2.01. The first-order valence-corrected chi connectivity index (χ1v) is 4.49. The molecule has 1 aromatic rings. The molecule has 0 aliphatic carbocycles. The van der Waals surface area contributed by atoms with Crippen LogP contribution in [0, 0.1) is 6.57 Å². The monoisotopic (exact) mass is 221 g/mol. The summed E-state index contributed by atoms with van der Waals surface area (Å²) in [5.74, 6) is -0.662. The molecule has 0 atom stereocenters. The lowest BCUT2D eigenvalue weighted by Gasteiger charge is -1.99. The molecule has 3 nitrogen and oxygen atoms in total. The van der Waals surface area contributed by atoms with Crippen LogP contribution in [-0.4, -0.2) is 13.1 Å². The van der Waals surface area contributed by atoms with Crippen molar-refractivity contribution in [3.05, 3.63) is 52.0 Å². The molecule has 1 rings (SSSR count). The summed E-state index contributed by atoms with van der Waals surface area (Å²) in [6, 6.07) is 6.95. The molecule has 4 heteroatoms. The molecule has 0 heterocycles. The lowest BCUT2D eigenvalue weighted by molar-refractivity contribution is -0.135. The third kappa shape index (κ3) is 2.83. The van der Waals surface area contributed by atoms with Gasteiger partial charge in [0.15, 0.2) is 0 Å². The highest BCUT2D eigenvalue weighted by atomic mass is 35.5. The second-order valence-electron chi connectivity index (χ2n) is 2.65. The summed E-state index contributed by atoms with van der Waals surface area (Å²) >= 11 is 5.87. The first kappa shape index (κ1) is 11.3. The van der Waals surface area contributed by atoms with Crippen molar-refractivity contribution in [3.8, 4) is 0 Å². The van der Waals surface area contributed by atoms with Crippen molar-refractivity contribution in [1.82, 2.24) is 0 Å². The summed E-state index contributed by atoms with van der Waals surface area (Å²) in [7, 11) is 1.23. The van der Waals surface area contributed by atoms with Crippen LogP contribution in [0.5, 0.6) is 0 Å². The summed E-state index contributed by atoms with van der Waals surface area (Å²) in [5, 5.41) is 0.488. The molecule has 0 saturated carbocycles. The molecular weight excluding hydrogens is 214 g/mol. The van der Waals surface area contributed by atoms with Gasteiger partial charge in [0.2, 0.25) is 0 Å². The smallest absolute Gasteiger partial charge is 0.336 e. The van der Waals surface area contributed by atoms with E-state index in [9.17, 15) is 4.79 Å². The number of carbonyl (C=O) groups is 1. The number of hydrogen-bond donors (Lipinski definition) is 0. The van der Waals surface area contributed by atoms with E-state index >= 15 is 0 Å². The van der Waals surface area contributed by atoms with Crippen LogP contribution >= 0.6 is 11.6 Å². The van der Waals surface area contributed by atoms with Crippen LogP contribution in [0.1, 0.15) is 5.56 Å². The van der Waals surface area contributed by atoms with E-state index in [-0.39, 0.29) is 5.70 Å². The van der Waals surface area contributed by atoms with Crippen LogP contribution in [0.15, 0.2) is 30.0 Å². The minimum atomic E-state index is -0.662. The zero-order chi connectivity index (χ0) is 11.3. The molecule has 0 radical (unpaired) electrons. The Hall–Kier alpha value is -1.79. The Morgan fingerprint density at radius 2 is 2.20 bits per heavy atom. The van der Waals surface area contributed by atoms with Crippen molar-refractivity contribution >= 4 is 23.6 Å². The fraction of sp³-hybridized carbons (Fsp3) is 0.0909. The van der Waals surface area contributed by atoms with Crippen LogP contribution in [0.4, 0.5) is 0 Å². The van der Waals surface area contributed by atoms with E-state index in [1.165, 1.54) is 13.2 Å². The van der Waals surface area contributed by atoms with Crippen molar-refractivity contribution < 1.29 is 9.53 Å². The van der Waals surface area contributed by atoms with E-state index in [1.54, 1.807) is 24.3 Å². The zero-order valence-corrected chi connectivity index (χ0v) is 8.78. The van der Waals surface area contributed by atoms with Gasteiger partial charge in [0.1, 0.15) is 0 Å². The highest BCUT2D eigenvalue weighted by Gasteiger charge is 2.09. The Morgan fingerprint density at radius 1 is 1.53 bits per heavy atom. The summed E-state index contributed by atoms with van der Waals surface area (Å²) in [4.78, 5) is 14.2. The molecule has 76 valence electrons. The average molecular weight is 222 g/mol. The average Bonchev–Trinajstić information content (AvgIpc) is 2.27. The Labute approximate surface area is 92.7 Å². The Balaban J connectivity index is 3.11. The van der Waals surface area contributed by atoms with Gasteiger partial charge in [0.25, 0.3) is 5.70 Å².